The van der Waals surface area contributed by atoms with Gasteiger partial charge >= 0.3 is 6.03 Å². The van der Waals surface area contributed by atoms with Crippen LogP contribution in [0.2, 0.25) is 0 Å². The van der Waals surface area contributed by atoms with E-state index in [1.165, 1.54) is 0 Å². The summed E-state index contributed by atoms with van der Waals surface area (Å²) < 4.78 is 24.1. The topological polar surface area (TPSA) is 86.7 Å². The van der Waals surface area contributed by atoms with E-state index in [0.29, 0.717) is 35.5 Å². The van der Waals surface area contributed by atoms with Gasteiger partial charge in [0.1, 0.15) is 0 Å². The number of benzene rings is 1. The fourth-order valence-corrected chi connectivity index (χ4v) is 7.09. The minimum atomic E-state index is -3.22. The minimum Gasteiger partial charge on any atom is -0.391 e. The summed E-state index contributed by atoms with van der Waals surface area (Å²) in [5.74, 6) is 1.79. The number of urea groups is 1. The van der Waals surface area contributed by atoms with E-state index >= 15 is 0 Å². The molecule has 2 fully saturated rings. The van der Waals surface area contributed by atoms with Gasteiger partial charge in [0, 0.05) is 18.0 Å². The molecule has 1 spiro atoms. The molecule has 6 nitrogen and oxygen atoms in total. The van der Waals surface area contributed by atoms with Gasteiger partial charge in [-0.25, -0.2) is 13.2 Å². The zero-order valence-electron chi connectivity index (χ0n) is 13.2. The molecule has 0 aliphatic carbocycles. The van der Waals surface area contributed by atoms with Gasteiger partial charge in [-0.1, -0.05) is 6.07 Å². The van der Waals surface area contributed by atoms with Crippen molar-refractivity contribution in [2.24, 2.45) is 0 Å². The summed E-state index contributed by atoms with van der Waals surface area (Å²) in [6.45, 7) is 0.529. The zero-order valence-corrected chi connectivity index (χ0v) is 14.8. The first-order valence-electron chi connectivity index (χ1n) is 8.13. The minimum absolute atomic E-state index is 0.0955. The third-order valence-corrected chi connectivity index (χ3v) is 8.38. The van der Waals surface area contributed by atoms with Gasteiger partial charge in [-0.2, -0.15) is 11.8 Å². The Bertz CT molecular complexity index is 787. The molecule has 0 bridgehead atoms. The number of nitrogens with zero attached hydrogens (tertiary/aromatic N) is 1. The fraction of sp³-hybridized carbons (Fsp3) is 0.562. The van der Waals surface area contributed by atoms with E-state index in [-0.39, 0.29) is 11.8 Å². The molecule has 0 radical (unpaired) electrons. The van der Waals surface area contributed by atoms with Crippen molar-refractivity contribution in [2.75, 3.05) is 29.1 Å². The quantitative estimate of drug-likeness (QED) is 0.784. The van der Waals surface area contributed by atoms with Crippen LogP contribution < -0.4 is 5.32 Å². The Balaban J connectivity index is 1.61. The number of aliphatic hydroxyl groups excluding tert-OH is 1. The van der Waals surface area contributed by atoms with Gasteiger partial charge in [-0.05, 0) is 42.7 Å². The maximum atomic E-state index is 12.8. The number of hydrogen-bond donors (Lipinski definition) is 2. The monoisotopic (exact) mass is 368 g/mol. The second kappa shape index (κ2) is 5.64. The highest BCUT2D eigenvalue weighted by molar-refractivity contribution is 7.99. The van der Waals surface area contributed by atoms with Gasteiger partial charge in [0.05, 0.1) is 22.3 Å². The maximum absolute atomic E-state index is 12.8. The normalized spacial score (nSPS) is 30.7. The van der Waals surface area contributed by atoms with Crippen molar-refractivity contribution in [2.45, 2.75) is 35.8 Å². The summed E-state index contributed by atoms with van der Waals surface area (Å²) in [6.07, 6.45) is 1.33. The van der Waals surface area contributed by atoms with Gasteiger partial charge < -0.3 is 15.3 Å². The first-order chi connectivity index (χ1) is 11.4. The summed E-state index contributed by atoms with van der Waals surface area (Å²) in [6, 6.07) is 4.77. The summed E-state index contributed by atoms with van der Waals surface area (Å²) in [5, 5.41) is 13.3. The van der Waals surface area contributed by atoms with Crippen LogP contribution in [-0.2, 0) is 16.3 Å². The highest BCUT2D eigenvalue weighted by atomic mass is 32.2. The van der Waals surface area contributed by atoms with Crippen LogP contribution in [0.3, 0.4) is 0 Å². The molecule has 1 aromatic rings. The second-order valence-electron chi connectivity index (χ2n) is 6.64. The molecule has 8 heteroatoms. The highest BCUT2D eigenvalue weighted by Crippen LogP contribution is 2.42. The lowest BCUT2D eigenvalue weighted by atomic mass is 9.93. The molecule has 2 saturated heterocycles. The molecule has 4 rings (SSSR count). The summed E-state index contributed by atoms with van der Waals surface area (Å²) in [5.41, 5.74) is 0.792. The van der Waals surface area contributed by atoms with Crippen LogP contribution in [0.4, 0.5) is 10.5 Å². The third-order valence-electron chi connectivity index (χ3n) is 5.39. The third kappa shape index (κ3) is 2.34. The molecule has 2 unspecified atom stereocenters. The van der Waals surface area contributed by atoms with E-state index in [2.05, 4.69) is 5.32 Å². The summed E-state index contributed by atoms with van der Waals surface area (Å²) >= 11 is 1.76. The Morgan fingerprint density at radius 1 is 1.42 bits per heavy atom. The Hall–Kier alpha value is -1.25. The van der Waals surface area contributed by atoms with Crippen LogP contribution in [-0.4, -0.2) is 59.9 Å². The van der Waals surface area contributed by atoms with Gasteiger partial charge in [-0.3, -0.25) is 0 Å². The molecule has 3 aliphatic heterocycles. The van der Waals surface area contributed by atoms with Crippen molar-refractivity contribution in [3.05, 3.63) is 23.8 Å². The van der Waals surface area contributed by atoms with Crippen molar-refractivity contribution in [3.63, 3.8) is 0 Å². The number of amides is 2. The van der Waals surface area contributed by atoms with Gasteiger partial charge in [0.15, 0.2) is 9.84 Å². The molecule has 2 N–H and O–H groups in total. The van der Waals surface area contributed by atoms with Crippen LogP contribution >= 0.6 is 11.8 Å². The Morgan fingerprint density at radius 2 is 2.25 bits per heavy atom. The molecule has 0 saturated carbocycles. The number of hydrogen-bond acceptors (Lipinski definition) is 5. The number of rotatable bonds is 1. The molecular weight excluding hydrogens is 348 g/mol. The standard InChI is InChI=1S/C16H20N2O4S2/c19-14-4-7-18(16(14)6-8-23-10-16)15(20)17-12-2-1-3-13-11(12)5-9-24(13,21)22/h1-3,14,19H,4-10H2,(H,17,20). The molecule has 130 valence electrons. The fourth-order valence-electron chi connectivity index (χ4n) is 4.03. The number of likely N-dealkylation sites (tertiary alicyclic amines) is 1. The SMILES string of the molecule is O=C(Nc1cccc2c1CCS2(=O)=O)N1CCC(O)C12CCSC2. The van der Waals surface area contributed by atoms with Crippen LogP contribution in [0.25, 0.3) is 0 Å². The number of carbonyl (C=O) groups is 1. The molecule has 3 aliphatic rings. The Morgan fingerprint density at radius 3 is 3.00 bits per heavy atom. The largest absolute Gasteiger partial charge is 0.391 e. The number of anilines is 1. The number of fused-ring (bicyclic) bond motifs is 1. The van der Waals surface area contributed by atoms with Crippen LogP contribution in [0.1, 0.15) is 18.4 Å². The molecule has 1 aromatic carbocycles. The van der Waals surface area contributed by atoms with Gasteiger partial charge in [-0.15, -0.1) is 0 Å². The maximum Gasteiger partial charge on any atom is 0.322 e. The Kier molecular flexibility index (Phi) is 3.81. The van der Waals surface area contributed by atoms with Crippen molar-refractivity contribution in [1.82, 2.24) is 4.90 Å². The first-order valence-corrected chi connectivity index (χ1v) is 10.9. The van der Waals surface area contributed by atoms with E-state index in [1.54, 1.807) is 34.9 Å². The number of sulfone groups is 1. The van der Waals surface area contributed by atoms with Crippen molar-refractivity contribution >= 4 is 33.3 Å². The van der Waals surface area contributed by atoms with Crippen LogP contribution in [0.15, 0.2) is 23.1 Å². The molecule has 0 aromatic heterocycles. The summed E-state index contributed by atoms with van der Waals surface area (Å²) in [4.78, 5) is 14.9. The van der Waals surface area contributed by atoms with E-state index in [9.17, 15) is 18.3 Å². The van der Waals surface area contributed by atoms with Crippen LogP contribution in [0, 0.1) is 0 Å². The molecular formula is C16H20N2O4S2. The van der Waals surface area contributed by atoms with Crippen molar-refractivity contribution in [1.29, 1.82) is 0 Å². The second-order valence-corrected chi connectivity index (χ2v) is 9.83. The van der Waals surface area contributed by atoms with E-state index in [4.69, 9.17) is 0 Å². The number of nitrogens with one attached hydrogen (secondary N) is 1. The lowest BCUT2D eigenvalue weighted by Crippen LogP contribution is -2.54. The number of aliphatic hydroxyl groups is 1. The van der Waals surface area contributed by atoms with Crippen molar-refractivity contribution in [3.8, 4) is 0 Å². The average Bonchev–Trinajstić information content (AvgIpc) is 3.22. The molecule has 24 heavy (non-hydrogen) atoms. The van der Waals surface area contributed by atoms with Gasteiger partial charge in [0.2, 0.25) is 0 Å². The lowest BCUT2D eigenvalue weighted by Gasteiger charge is -2.36. The van der Waals surface area contributed by atoms with E-state index in [1.807, 2.05) is 0 Å². The number of thioether (sulfide) groups is 1. The average molecular weight is 368 g/mol. The summed E-state index contributed by atoms with van der Waals surface area (Å²) in [7, 11) is -3.22. The molecule has 3 heterocycles. The predicted molar refractivity (Wildman–Crippen MR) is 93.2 cm³/mol. The zero-order chi connectivity index (χ0) is 16.9. The molecule has 2 amide bonds. The first kappa shape index (κ1) is 16.2. The Labute approximate surface area is 145 Å². The van der Waals surface area contributed by atoms with E-state index < -0.39 is 21.5 Å². The van der Waals surface area contributed by atoms with Gasteiger partial charge in [0.25, 0.3) is 0 Å². The highest BCUT2D eigenvalue weighted by Gasteiger charge is 2.52. The van der Waals surface area contributed by atoms with Crippen molar-refractivity contribution < 1.29 is 18.3 Å². The predicted octanol–water partition coefficient (Wildman–Crippen LogP) is 1.49. The number of carbonyl (C=O) groups excluding carboxylic acids is 1. The van der Waals surface area contributed by atoms with E-state index in [0.717, 1.165) is 17.9 Å². The molecule has 2 atom stereocenters. The lowest BCUT2D eigenvalue weighted by molar-refractivity contribution is 0.0656. The smallest absolute Gasteiger partial charge is 0.322 e. The van der Waals surface area contributed by atoms with Crippen LogP contribution in [0.5, 0.6) is 0 Å².